The Balaban J connectivity index is 2.20. The first-order valence-corrected chi connectivity index (χ1v) is 6.44. The molecule has 1 heterocycles. The van der Waals surface area contributed by atoms with Gasteiger partial charge < -0.3 is 4.74 Å². The van der Waals surface area contributed by atoms with Crippen molar-refractivity contribution in [3.8, 4) is 0 Å². The number of halogens is 1. The van der Waals surface area contributed by atoms with Crippen molar-refractivity contribution in [3.05, 3.63) is 59.1 Å². The molecule has 0 spiro atoms. The van der Waals surface area contributed by atoms with Crippen molar-refractivity contribution < 1.29 is 4.74 Å². The second-order valence-electron chi connectivity index (χ2n) is 4.67. The third-order valence-electron chi connectivity index (χ3n) is 3.57. The molecule has 1 aliphatic heterocycles. The van der Waals surface area contributed by atoms with Crippen LogP contribution >= 0.6 is 11.6 Å². The number of fused-ring (bicyclic) bond motifs is 3. The first-order valence-electron chi connectivity index (χ1n) is 6.06. The van der Waals surface area contributed by atoms with E-state index in [0.717, 1.165) is 17.0 Å². The van der Waals surface area contributed by atoms with Gasteiger partial charge in [-0.05, 0) is 27.8 Å². The van der Waals surface area contributed by atoms with Gasteiger partial charge in [0.15, 0.2) is 0 Å². The lowest BCUT2D eigenvalue weighted by molar-refractivity contribution is 0.417. The molecule has 1 fully saturated rings. The van der Waals surface area contributed by atoms with E-state index in [9.17, 15) is 0 Å². The minimum Gasteiger partial charge on any atom is -0.368 e. The normalized spacial score (nSPS) is 18.4. The molecule has 2 heteroatoms. The zero-order valence-corrected chi connectivity index (χ0v) is 10.4. The van der Waals surface area contributed by atoms with Crippen LogP contribution in [0.2, 0.25) is 5.02 Å². The summed E-state index contributed by atoms with van der Waals surface area (Å²) in [5.41, 5.74) is 1.25. The summed E-state index contributed by atoms with van der Waals surface area (Å²) in [5.74, 6) is 0. The van der Waals surface area contributed by atoms with Crippen molar-refractivity contribution in [2.24, 2.45) is 0 Å². The summed E-state index contributed by atoms with van der Waals surface area (Å²) in [6.07, 6.45) is 0.255. The average molecular weight is 255 g/mol. The van der Waals surface area contributed by atoms with Crippen LogP contribution in [0.3, 0.4) is 0 Å². The predicted octanol–water partition coefficient (Wildman–Crippen LogP) is 4.72. The number of hydrogen-bond donors (Lipinski definition) is 0. The smallest absolute Gasteiger partial charge is 0.107 e. The third-order valence-corrected chi connectivity index (χ3v) is 3.88. The zero-order chi connectivity index (χ0) is 12.1. The maximum Gasteiger partial charge on any atom is 0.107 e. The molecule has 1 atom stereocenters. The van der Waals surface area contributed by atoms with Gasteiger partial charge in [-0.1, -0.05) is 54.1 Å². The summed E-state index contributed by atoms with van der Waals surface area (Å²) < 4.78 is 5.41. The van der Waals surface area contributed by atoms with Gasteiger partial charge in [0.05, 0.1) is 6.61 Å². The van der Waals surface area contributed by atoms with Gasteiger partial charge in [0.1, 0.15) is 6.10 Å². The molecule has 4 rings (SSSR count). The molecule has 0 radical (unpaired) electrons. The Morgan fingerprint density at radius 2 is 1.56 bits per heavy atom. The quantitative estimate of drug-likeness (QED) is 0.452. The fraction of sp³-hybridized carbons (Fsp3) is 0.125. The number of hydrogen-bond acceptors (Lipinski definition) is 1. The van der Waals surface area contributed by atoms with E-state index in [1.54, 1.807) is 0 Å². The van der Waals surface area contributed by atoms with Gasteiger partial charge >= 0.3 is 0 Å². The molecule has 3 aromatic carbocycles. The van der Waals surface area contributed by atoms with E-state index in [0.29, 0.717) is 0 Å². The summed E-state index contributed by atoms with van der Waals surface area (Å²) in [6, 6.07) is 16.7. The number of epoxide rings is 1. The van der Waals surface area contributed by atoms with E-state index in [2.05, 4.69) is 42.5 Å². The van der Waals surface area contributed by atoms with Crippen LogP contribution < -0.4 is 0 Å². The Hall–Kier alpha value is -1.57. The van der Waals surface area contributed by atoms with E-state index in [4.69, 9.17) is 16.3 Å². The first-order chi connectivity index (χ1) is 8.84. The molecule has 0 bridgehead atoms. The van der Waals surface area contributed by atoms with Gasteiger partial charge in [0.25, 0.3) is 0 Å². The van der Waals surface area contributed by atoms with Crippen molar-refractivity contribution in [1.29, 1.82) is 0 Å². The summed E-state index contributed by atoms with van der Waals surface area (Å²) in [5, 5.41) is 5.60. The summed E-state index contributed by atoms with van der Waals surface area (Å²) >= 11 is 6.39. The van der Waals surface area contributed by atoms with Gasteiger partial charge in [0, 0.05) is 10.4 Å². The molecule has 3 aromatic rings. The van der Waals surface area contributed by atoms with Gasteiger partial charge in [-0.25, -0.2) is 0 Å². The molecule has 0 amide bonds. The Morgan fingerprint density at radius 3 is 2.33 bits per heavy atom. The third kappa shape index (κ3) is 1.45. The molecule has 18 heavy (non-hydrogen) atoms. The van der Waals surface area contributed by atoms with Crippen LogP contribution in [-0.4, -0.2) is 6.61 Å². The molecule has 1 nitrogen and oxygen atoms in total. The summed E-state index contributed by atoms with van der Waals surface area (Å²) in [6.45, 7) is 0.823. The van der Waals surface area contributed by atoms with E-state index >= 15 is 0 Å². The molecular formula is C16H11ClO. The topological polar surface area (TPSA) is 12.5 Å². The lowest BCUT2D eigenvalue weighted by Crippen LogP contribution is -1.86. The highest BCUT2D eigenvalue weighted by molar-refractivity contribution is 6.37. The highest BCUT2D eigenvalue weighted by Crippen LogP contribution is 2.39. The minimum absolute atomic E-state index is 0.255. The van der Waals surface area contributed by atoms with Crippen molar-refractivity contribution in [2.45, 2.75) is 6.10 Å². The minimum atomic E-state index is 0.255. The van der Waals surface area contributed by atoms with Crippen LogP contribution in [0.1, 0.15) is 11.7 Å². The number of rotatable bonds is 1. The van der Waals surface area contributed by atoms with Crippen LogP contribution in [0.25, 0.3) is 21.5 Å². The molecule has 1 saturated heterocycles. The zero-order valence-electron chi connectivity index (χ0n) is 9.69. The first kappa shape index (κ1) is 10.4. The summed E-state index contributed by atoms with van der Waals surface area (Å²) in [4.78, 5) is 0. The molecule has 1 aliphatic rings. The highest BCUT2D eigenvalue weighted by Gasteiger charge is 2.26. The maximum atomic E-state index is 6.39. The van der Waals surface area contributed by atoms with E-state index < -0.39 is 0 Å². The Bertz CT molecular complexity index is 759. The van der Waals surface area contributed by atoms with Crippen molar-refractivity contribution in [2.75, 3.05) is 6.61 Å². The standard InChI is InChI=1S/C16H11ClO/c17-15-8-14-11(10-4-1-2-5-12(10)15)6-3-7-13(14)16-9-18-16/h1-8,16H,9H2/t16-/m1/s1. The molecule has 0 aliphatic carbocycles. The van der Waals surface area contributed by atoms with Crippen LogP contribution in [0.5, 0.6) is 0 Å². The maximum absolute atomic E-state index is 6.39. The van der Waals surface area contributed by atoms with Gasteiger partial charge in [-0.3, -0.25) is 0 Å². The Morgan fingerprint density at radius 1 is 0.889 bits per heavy atom. The van der Waals surface area contributed by atoms with Gasteiger partial charge in [-0.2, -0.15) is 0 Å². The lowest BCUT2D eigenvalue weighted by Gasteiger charge is -2.09. The van der Waals surface area contributed by atoms with Crippen molar-refractivity contribution in [3.63, 3.8) is 0 Å². The largest absolute Gasteiger partial charge is 0.368 e. The molecule has 0 unspecified atom stereocenters. The van der Waals surface area contributed by atoms with Crippen LogP contribution in [0.15, 0.2) is 48.5 Å². The molecule has 0 aromatic heterocycles. The molecule has 0 saturated carbocycles. The summed E-state index contributed by atoms with van der Waals surface area (Å²) in [7, 11) is 0. The van der Waals surface area contributed by atoms with Crippen molar-refractivity contribution in [1.82, 2.24) is 0 Å². The van der Waals surface area contributed by atoms with E-state index in [1.165, 1.54) is 21.7 Å². The van der Waals surface area contributed by atoms with E-state index in [1.807, 2.05) is 6.07 Å². The fourth-order valence-electron chi connectivity index (χ4n) is 2.62. The van der Waals surface area contributed by atoms with Gasteiger partial charge in [-0.15, -0.1) is 0 Å². The Kier molecular flexibility index (Phi) is 2.14. The van der Waals surface area contributed by atoms with Crippen LogP contribution in [0.4, 0.5) is 0 Å². The highest BCUT2D eigenvalue weighted by atomic mass is 35.5. The second kappa shape index (κ2) is 3.71. The van der Waals surface area contributed by atoms with Gasteiger partial charge in [0.2, 0.25) is 0 Å². The molecular weight excluding hydrogens is 244 g/mol. The average Bonchev–Trinajstić information content (AvgIpc) is 3.23. The second-order valence-corrected chi connectivity index (χ2v) is 5.08. The van der Waals surface area contributed by atoms with Crippen LogP contribution in [0, 0.1) is 0 Å². The Labute approximate surface area is 110 Å². The fourth-order valence-corrected chi connectivity index (χ4v) is 2.89. The van der Waals surface area contributed by atoms with Crippen molar-refractivity contribution >= 4 is 33.1 Å². The number of benzene rings is 3. The lowest BCUT2D eigenvalue weighted by atomic mass is 9.97. The van der Waals surface area contributed by atoms with E-state index in [-0.39, 0.29) is 6.10 Å². The molecule has 0 N–H and O–H groups in total. The SMILES string of the molecule is Clc1cc2c([C@H]3CO3)cccc2c2ccccc12. The number of ether oxygens (including phenoxy) is 1. The predicted molar refractivity (Wildman–Crippen MR) is 75.2 cm³/mol. The van der Waals surface area contributed by atoms with Crippen LogP contribution in [-0.2, 0) is 4.74 Å². The monoisotopic (exact) mass is 254 g/mol. The molecule has 88 valence electrons.